The lowest BCUT2D eigenvalue weighted by molar-refractivity contribution is -0.151. The predicted octanol–water partition coefficient (Wildman–Crippen LogP) is 0.339. The molecule has 0 aliphatic carbocycles. The summed E-state index contributed by atoms with van der Waals surface area (Å²) in [6.45, 7) is 3.46. The zero-order valence-electron chi connectivity index (χ0n) is 10.2. The third-order valence-corrected chi connectivity index (χ3v) is 4.54. The minimum atomic E-state index is -2.98. The Morgan fingerprint density at radius 1 is 1.44 bits per heavy atom. The Morgan fingerprint density at radius 2 is 2.00 bits per heavy atom. The van der Waals surface area contributed by atoms with Crippen LogP contribution in [0.5, 0.6) is 0 Å². The zero-order chi connectivity index (χ0) is 12.8. The largest absolute Gasteiger partial charge is 0.469 e. The van der Waals surface area contributed by atoms with E-state index in [-0.39, 0.29) is 24.0 Å². The summed E-state index contributed by atoms with van der Waals surface area (Å²) in [5, 5.41) is 0. The van der Waals surface area contributed by atoms with Gasteiger partial charge in [-0.05, 0) is 19.8 Å². The lowest BCUT2D eigenvalue weighted by Crippen LogP contribution is -2.37. The maximum absolute atomic E-state index is 11.4. The van der Waals surface area contributed by atoms with Gasteiger partial charge in [-0.1, -0.05) is 6.92 Å². The average molecular weight is 251 g/mol. The molecule has 0 rings (SSSR count). The lowest BCUT2D eigenvalue weighted by Gasteiger charge is -2.24. The van der Waals surface area contributed by atoms with Crippen molar-refractivity contribution in [1.82, 2.24) is 0 Å². The number of hydrogen-bond donors (Lipinski definition) is 1. The van der Waals surface area contributed by atoms with Crippen molar-refractivity contribution < 1.29 is 17.9 Å². The Kier molecular flexibility index (Phi) is 5.96. The van der Waals surface area contributed by atoms with Crippen molar-refractivity contribution in [2.45, 2.75) is 26.7 Å². The molecule has 0 aromatic carbocycles. The molecular weight excluding hydrogens is 230 g/mol. The highest BCUT2D eigenvalue weighted by Crippen LogP contribution is 2.23. The highest BCUT2D eigenvalue weighted by molar-refractivity contribution is 7.91. The van der Waals surface area contributed by atoms with Crippen molar-refractivity contribution >= 4 is 15.8 Å². The van der Waals surface area contributed by atoms with E-state index in [9.17, 15) is 13.2 Å². The Balaban J connectivity index is 4.32. The van der Waals surface area contributed by atoms with Crippen LogP contribution in [0.4, 0.5) is 0 Å². The van der Waals surface area contributed by atoms with Gasteiger partial charge in [0.2, 0.25) is 0 Å². The molecule has 0 aromatic rings. The summed E-state index contributed by atoms with van der Waals surface area (Å²) in [5.74, 6) is -0.162. The van der Waals surface area contributed by atoms with E-state index in [0.717, 1.165) is 0 Å². The summed E-state index contributed by atoms with van der Waals surface area (Å²) in [6, 6.07) is 0. The van der Waals surface area contributed by atoms with E-state index >= 15 is 0 Å². The first-order valence-electron chi connectivity index (χ1n) is 5.30. The molecule has 0 heterocycles. The van der Waals surface area contributed by atoms with Crippen molar-refractivity contribution in [1.29, 1.82) is 0 Å². The van der Waals surface area contributed by atoms with Gasteiger partial charge >= 0.3 is 5.97 Å². The fraction of sp³-hybridized carbons (Fsp3) is 0.900. The number of ether oxygens (including phenoxy) is 1. The van der Waals surface area contributed by atoms with E-state index in [0.29, 0.717) is 12.8 Å². The molecule has 2 N–H and O–H groups in total. The highest BCUT2D eigenvalue weighted by atomic mass is 32.2. The molecule has 0 amide bonds. The fourth-order valence-electron chi connectivity index (χ4n) is 1.36. The summed E-state index contributed by atoms with van der Waals surface area (Å²) in [5.41, 5.74) is 4.74. The second kappa shape index (κ2) is 6.20. The second-order valence-electron chi connectivity index (χ2n) is 4.10. The van der Waals surface area contributed by atoms with Crippen LogP contribution in [0.2, 0.25) is 0 Å². The number of esters is 1. The van der Waals surface area contributed by atoms with Crippen molar-refractivity contribution in [3.63, 3.8) is 0 Å². The molecule has 6 heteroatoms. The van der Waals surface area contributed by atoms with Crippen molar-refractivity contribution in [2.24, 2.45) is 11.1 Å². The van der Waals surface area contributed by atoms with E-state index in [2.05, 4.69) is 4.74 Å². The first-order valence-corrected chi connectivity index (χ1v) is 7.12. The third kappa shape index (κ3) is 4.49. The molecule has 0 spiro atoms. The molecule has 96 valence electrons. The summed E-state index contributed by atoms with van der Waals surface area (Å²) in [7, 11) is -1.67. The molecule has 0 bridgehead atoms. The van der Waals surface area contributed by atoms with Gasteiger partial charge in [-0.3, -0.25) is 4.79 Å². The van der Waals surface area contributed by atoms with Crippen LogP contribution in [-0.2, 0) is 19.4 Å². The van der Waals surface area contributed by atoms with E-state index in [1.54, 1.807) is 13.8 Å². The normalized spacial score (nSPS) is 15.5. The van der Waals surface area contributed by atoms with Crippen molar-refractivity contribution in [2.75, 3.05) is 25.2 Å². The van der Waals surface area contributed by atoms with Gasteiger partial charge in [0.1, 0.15) is 9.84 Å². The summed E-state index contributed by atoms with van der Waals surface area (Å²) in [4.78, 5) is 11.4. The van der Waals surface area contributed by atoms with E-state index in [4.69, 9.17) is 5.73 Å². The zero-order valence-corrected chi connectivity index (χ0v) is 11.0. The van der Waals surface area contributed by atoms with Crippen LogP contribution in [-0.4, -0.2) is 39.5 Å². The Morgan fingerprint density at radius 3 is 2.38 bits per heavy atom. The number of methoxy groups -OCH3 is 1. The monoisotopic (exact) mass is 251 g/mol. The molecule has 0 saturated carbocycles. The topological polar surface area (TPSA) is 86.5 Å². The molecular formula is C10H21NO4S. The van der Waals surface area contributed by atoms with Gasteiger partial charge in [0, 0.05) is 12.3 Å². The van der Waals surface area contributed by atoms with Gasteiger partial charge in [0.15, 0.2) is 0 Å². The predicted molar refractivity (Wildman–Crippen MR) is 62.7 cm³/mol. The second-order valence-corrected chi connectivity index (χ2v) is 6.57. The van der Waals surface area contributed by atoms with E-state index in [1.165, 1.54) is 7.11 Å². The highest BCUT2D eigenvalue weighted by Gasteiger charge is 2.32. The molecule has 16 heavy (non-hydrogen) atoms. The number of carbonyl (C=O) groups excluding carboxylic acids is 1. The SMILES string of the molecule is CCS(=O)(=O)CCCC(C)(CN)C(=O)OC. The summed E-state index contributed by atoms with van der Waals surface area (Å²) >= 11 is 0. The van der Waals surface area contributed by atoms with E-state index in [1.807, 2.05) is 0 Å². The fourth-order valence-corrected chi connectivity index (χ4v) is 2.23. The molecule has 0 aliphatic heterocycles. The minimum Gasteiger partial charge on any atom is -0.469 e. The molecule has 0 radical (unpaired) electrons. The Bertz CT molecular complexity index is 326. The van der Waals surface area contributed by atoms with Crippen LogP contribution in [0.1, 0.15) is 26.7 Å². The quantitative estimate of drug-likeness (QED) is 0.659. The van der Waals surface area contributed by atoms with Gasteiger partial charge in [-0.15, -0.1) is 0 Å². The number of rotatable bonds is 7. The molecule has 0 fully saturated rings. The number of hydrogen-bond acceptors (Lipinski definition) is 5. The van der Waals surface area contributed by atoms with Crippen LogP contribution in [0, 0.1) is 5.41 Å². The molecule has 1 unspecified atom stereocenters. The molecule has 1 atom stereocenters. The maximum Gasteiger partial charge on any atom is 0.312 e. The van der Waals surface area contributed by atoms with Crippen LogP contribution in [0.15, 0.2) is 0 Å². The van der Waals surface area contributed by atoms with Crippen molar-refractivity contribution in [3.05, 3.63) is 0 Å². The average Bonchev–Trinajstić information content (AvgIpc) is 2.27. The first kappa shape index (κ1) is 15.4. The van der Waals surface area contributed by atoms with Gasteiger partial charge in [0.25, 0.3) is 0 Å². The number of sulfone groups is 1. The maximum atomic E-state index is 11.4. The summed E-state index contributed by atoms with van der Waals surface area (Å²) < 4.78 is 27.2. The van der Waals surface area contributed by atoms with Crippen molar-refractivity contribution in [3.8, 4) is 0 Å². The van der Waals surface area contributed by atoms with Gasteiger partial charge < -0.3 is 10.5 Å². The van der Waals surface area contributed by atoms with Gasteiger partial charge in [-0.25, -0.2) is 8.42 Å². The van der Waals surface area contributed by atoms with Gasteiger partial charge in [-0.2, -0.15) is 0 Å². The minimum absolute atomic E-state index is 0.0933. The smallest absolute Gasteiger partial charge is 0.312 e. The molecule has 0 saturated heterocycles. The summed E-state index contributed by atoms with van der Waals surface area (Å²) in [6.07, 6.45) is 0.856. The van der Waals surface area contributed by atoms with Crippen LogP contribution >= 0.6 is 0 Å². The lowest BCUT2D eigenvalue weighted by atomic mass is 9.86. The Labute approximate surface area is 97.3 Å². The van der Waals surface area contributed by atoms with Gasteiger partial charge in [0.05, 0.1) is 18.3 Å². The molecule has 0 aliphatic rings. The first-order chi connectivity index (χ1) is 7.31. The number of nitrogens with two attached hydrogens (primary N) is 1. The molecule has 5 nitrogen and oxygen atoms in total. The third-order valence-electron chi connectivity index (χ3n) is 2.75. The molecule has 0 aromatic heterocycles. The van der Waals surface area contributed by atoms with Crippen LogP contribution in [0.25, 0.3) is 0 Å². The van der Waals surface area contributed by atoms with E-state index < -0.39 is 15.3 Å². The van der Waals surface area contributed by atoms with Crippen LogP contribution < -0.4 is 5.73 Å². The van der Waals surface area contributed by atoms with Crippen LogP contribution in [0.3, 0.4) is 0 Å². The Hall–Kier alpha value is -0.620. The number of carbonyl (C=O) groups is 1. The standard InChI is InChI=1S/C10H21NO4S/c1-4-16(13,14)7-5-6-10(2,8-11)9(12)15-3/h4-8,11H2,1-3H3.